The van der Waals surface area contributed by atoms with Crippen LogP contribution in [0, 0.1) is 11.8 Å². The maximum Gasteiger partial charge on any atom is 0.0524 e. The van der Waals surface area contributed by atoms with Crippen LogP contribution in [-0.2, 0) is 7.05 Å². The summed E-state index contributed by atoms with van der Waals surface area (Å²) in [6, 6.07) is 0. The van der Waals surface area contributed by atoms with E-state index in [0.717, 1.165) is 12.5 Å². The summed E-state index contributed by atoms with van der Waals surface area (Å²) in [6.45, 7) is 3.10. The maximum atomic E-state index is 5.93. The molecule has 3 nitrogen and oxygen atoms in total. The summed E-state index contributed by atoms with van der Waals surface area (Å²) < 4.78 is 1.91. The van der Waals surface area contributed by atoms with Gasteiger partial charge in [0.1, 0.15) is 0 Å². The number of aromatic nitrogens is 2. The Morgan fingerprint density at radius 3 is 2.88 bits per heavy atom. The molecule has 3 heteroatoms. The fourth-order valence-electron chi connectivity index (χ4n) is 3.31. The molecule has 96 valence electrons. The van der Waals surface area contributed by atoms with Crippen molar-refractivity contribution in [2.24, 2.45) is 24.6 Å². The van der Waals surface area contributed by atoms with Crippen molar-refractivity contribution < 1.29 is 0 Å². The van der Waals surface area contributed by atoms with Crippen molar-refractivity contribution in [1.82, 2.24) is 9.78 Å². The van der Waals surface area contributed by atoms with Crippen LogP contribution < -0.4 is 5.73 Å². The molecular weight excluding hydrogens is 210 g/mol. The van der Waals surface area contributed by atoms with Gasteiger partial charge in [-0.3, -0.25) is 4.68 Å². The molecule has 17 heavy (non-hydrogen) atoms. The molecule has 3 atom stereocenters. The molecule has 2 N–H and O–H groups in total. The van der Waals surface area contributed by atoms with E-state index >= 15 is 0 Å². The van der Waals surface area contributed by atoms with E-state index in [9.17, 15) is 0 Å². The van der Waals surface area contributed by atoms with Crippen molar-refractivity contribution in [3.63, 3.8) is 0 Å². The third-order valence-electron chi connectivity index (χ3n) is 4.25. The van der Waals surface area contributed by atoms with Gasteiger partial charge in [0.25, 0.3) is 0 Å². The highest BCUT2D eigenvalue weighted by atomic mass is 15.2. The molecule has 1 heterocycles. The van der Waals surface area contributed by atoms with Crippen LogP contribution in [-0.4, -0.2) is 16.3 Å². The molecule has 1 aliphatic rings. The van der Waals surface area contributed by atoms with E-state index < -0.39 is 0 Å². The quantitative estimate of drug-likeness (QED) is 0.872. The second kappa shape index (κ2) is 5.67. The summed E-state index contributed by atoms with van der Waals surface area (Å²) in [5.74, 6) is 2.19. The standard InChI is InChI=1S/C14H25N3/c1-3-4-11-5-6-12(8-15)14(7-11)13-9-16-17(2)10-13/h9-12,14H,3-8,15H2,1-2H3. The lowest BCUT2D eigenvalue weighted by atomic mass is 9.70. The highest BCUT2D eigenvalue weighted by Gasteiger charge is 2.30. The lowest BCUT2D eigenvalue weighted by molar-refractivity contribution is 0.230. The summed E-state index contributed by atoms with van der Waals surface area (Å²) in [6.07, 6.45) is 10.8. The topological polar surface area (TPSA) is 43.8 Å². The molecule has 0 aromatic carbocycles. The first-order valence-corrected chi connectivity index (χ1v) is 6.93. The van der Waals surface area contributed by atoms with Crippen molar-refractivity contribution >= 4 is 0 Å². The summed E-state index contributed by atoms with van der Waals surface area (Å²) in [5.41, 5.74) is 7.32. The van der Waals surface area contributed by atoms with E-state index in [1.54, 1.807) is 0 Å². The fourth-order valence-corrected chi connectivity index (χ4v) is 3.31. The number of aryl methyl sites for hydroxylation is 1. The van der Waals surface area contributed by atoms with E-state index in [2.05, 4.69) is 18.2 Å². The zero-order valence-corrected chi connectivity index (χ0v) is 11.1. The lowest BCUT2D eigenvalue weighted by Crippen LogP contribution is -2.28. The fraction of sp³-hybridized carbons (Fsp3) is 0.786. The number of nitrogens with two attached hydrogens (primary N) is 1. The van der Waals surface area contributed by atoms with E-state index in [1.165, 1.54) is 37.7 Å². The van der Waals surface area contributed by atoms with Crippen LogP contribution in [0.25, 0.3) is 0 Å². The zero-order valence-electron chi connectivity index (χ0n) is 11.1. The van der Waals surface area contributed by atoms with Gasteiger partial charge in [-0.15, -0.1) is 0 Å². The minimum atomic E-state index is 0.638. The predicted molar refractivity (Wildman–Crippen MR) is 70.7 cm³/mol. The molecule has 2 rings (SSSR count). The Morgan fingerprint density at radius 2 is 2.29 bits per heavy atom. The van der Waals surface area contributed by atoms with Crippen LogP contribution in [0.4, 0.5) is 0 Å². The van der Waals surface area contributed by atoms with Crippen LogP contribution in [0.2, 0.25) is 0 Å². The average molecular weight is 235 g/mol. The van der Waals surface area contributed by atoms with Gasteiger partial charge in [-0.1, -0.05) is 26.2 Å². The van der Waals surface area contributed by atoms with Gasteiger partial charge in [0.2, 0.25) is 0 Å². The number of hydrogen-bond acceptors (Lipinski definition) is 2. The molecule has 1 aromatic heterocycles. The maximum absolute atomic E-state index is 5.93. The summed E-state index contributed by atoms with van der Waals surface area (Å²) in [5, 5.41) is 4.31. The van der Waals surface area contributed by atoms with Gasteiger partial charge in [-0.2, -0.15) is 5.10 Å². The molecule has 0 aliphatic heterocycles. The van der Waals surface area contributed by atoms with Crippen molar-refractivity contribution in [3.05, 3.63) is 18.0 Å². The Balaban J connectivity index is 2.09. The highest BCUT2D eigenvalue weighted by Crippen LogP contribution is 2.41. The van der Waals surface area contributed by atoms with Crippen LogP contribution >= 0.6 is 0 Å². The Bertz CT molecular complexity index is 345. The van der Waals surface area contributed by atoms with Gasteiger partial charge in [0, 0.05) is 13.2 Å². The molecule has 1 aliphatic carbocycles. The Hall–Kier alpha value is -0.830. The average Bonchev–Trinajstić information content (AvgIpc) is 2.76. The van der Waals surface area contributed by atoms with Crippen LogP contribution in [0.1, 0.15) is 50.5 Å². The number of nitrogens with zero attached hydrogens (tertiary/aromatic N) is 2. The predicted octanol–water partition coefficient (Wildman–Crippen LogP) is 2.68. The molecule has 1 aromatic rings. The lowest BCUT2D eigenvalue weighted by Gasteiger charge is -2.35. The monoisotopic (exact) mass is 235 g/mol. The largest absolute Gasteiger partial charge is 0.330 e. The molecule has 1 saturated carbocycles. The van der Waals surface area contributed by atoms with Gasteiger partial charge in [-0.05, 0) is 42.7 Å². The van der Waals surface area contributed by atoms with Gasteiger partial charge in [-0.25, -0.2) is 0 Å². The van der Waals surface area contributed by atoms with E-state index in [-0.39, 0.29) is 0 Å². The molecule has 0 saturated heterocycles. The Labute approximate surface area is 104 Å². The van der Waals surface area contributed by atoms with Crippen LogP contribution in [0.5, 0.6) is 0 Å². The number of rotatable bonds is 4. The van der Waals surface area contributed by atoms with Crippen molar-refractivity contribution in [2.45, 2.75) is 44.9 Å². The molecule has 0 radical (unpaired) electrons. The molecular formula is C14H25N3. The van der Waals surface area contributed by atoms with Gasteiger partial charge < -0.3 is 5.73 Å². The van der Waals surface area contributed by atoms with Crippen molar-refractivity contribution in [2.75, 3.05) is 6.54 Å². The van der Waals surface area contributed by atoms with E-state index in [4.69, 9.17) is 5.73 Å². The summed E-state index contributed by atoms with van der Waals surface area (Å²) in [7, 11) is 1.99. The van der Waals surface area contributed by atoms with Gasteiger partial charge in [0.05, 0.1) is 6.20 Å². The molecule has 0 spiro atoms. The highest BCUT2D eigenvalue weighted by molar-refractivity contribution is 5.14. The van der Waals surface area contributed by atoms with Crippen molar-refractivity contribution in [3.8, 4) is 0 Å². The summed E-state index contributed by atoms with van der Waals surface area (Å²) in [4.78, 5) is 0. The first-order chi connectivity index (χ1) is 8.24. The van der Waals surface area contributed by atoms with Gasteiger partial charge >= 0.3 is 0 Å². The third-order valence-corrected chi connectivity index (χ3v) is 4.25. The van der Waals surface area contributed by atoms with Gasteiger partial charge in [0.15, 0.2) is 0 Å². The van der Waals surface area contributed by atoms with E-state index in [0.29, 0.717) is 11.8 Å². The van der Waals surface area contributed by atoms with Crippen LogP contribution in [0.3, 0.4) is 0 Å². The number of hydrogen-bond donors (Lipinski definition) is 1. The first kappa shape index (κ1) is 12.6. The normalized spacial score (nSPS) is 29.5. The smallest absolute Gasteiger partial charge is 0.0524 e. The molecule has 0 bridgehead atoms. The van der Waals surface area contributed by atoms with Crippen molar-refractivity contribution in [1.29, 1.82) is 0 Å². The Kier molecular flexibility index (Phi) is 4.21. The zero-order chi connectivity index (χ0) is 12.3. The second-order valence-corrected chi connectivity index (χ2v) is 5.52. The molecule has 1 fully saturated rings. The summed E-state index contributed by atoms with van der Waals surface area (Å²) >= 11 is 0. The Morgan fingerprint density at radius 1 is 1.47 bits per heavy atom. The minimum absolute atomic E-state index is 0.638. The first-order valence-electron chi connectivity index (χ1n) is 6.93. The second-order valence-electron chi connectivity index (χ2n) is 5.52. The molecule has 0 amide bonds. The molecule has 3 unspecified atom stereocenters. The SMILES string of the molecule is CCCC1CCC(CN)C(c2cnn(C)c2)C1. The third kappa shape index (κ3) is 2.89. The minimum Gasteiger partial charge on any atom is -0.330 e. The van der Waals surface area contributed by atoms with E-state index in [1.807, 2.05) is 17.9 Å². The van der Waals surface area contributed by atoms with Crippen LogP contribution in [0.15, 0.2) is 12.4 Å².